The molecule has 5 rings (SSSR count). The van der Waals surface area contributed by atoms with Crippen molar-refractivity contribution < 1.29 is 23.4 Å². The van der Waals surface area contributed by atoms with Gasteiger partial charge in [0.05, 0.1) is 18.3 Å². The Morgan fingerprint density at radius 3 is 2.75 bits per heavy atom. The van der Waals surface area contributed by atoms with Gasteiger partial charge in [0.25, 0.3) is 5.91 Å². The number of fused-ring (bicyclic) bond motifs is 1. The maximum Gasteiger partial charge on any atom is 0.258 e. The molecule has 0 bridgehead atoms. The van der Waals surface area contributed by atoms with Crippen LogP contribution in [0.2, 0.25) is 0 Å². The maximum absolute atomic E-state index is 15.1. The summed E-state index contributed by atoms with van der Waals surface area (Å²) in [4.78, 5) is 16.6. The number of nitrogens with zero attached hydrogens (tertiary/aromatic N) is 5. The Morgan fingerprint density at radius 2 is 2.02 bits per heavy atom. The first-order chi connectivity index (χ1) is 21.1. The van der Waals surface area contributed by atoms with Gasteiger partial charge in [0.15, 0.2) is 30.2 Å². The Kier molecular flexibility index (Phi) is 10.1. The van der Waals surface area contributed by atoms with Gasteiger partial charge in [-0.15, -0.1) is 5.10 Å². The molecule has 1 amide bonds. The van der Waals surface area contributed by atoms with Gasteiger partial charge in [-0.3, -0.25) is 4.79 Å². The monoisotopic (exact) mass is 627 g/mol. The van der Waals surface area contributed by atoms with E-state index in [1.165, 1.54) is 12.1 Å². The summed E-state index contributed by atoms with van der Waals surface area (Å²) < 4.78 is 35.9. The van der Waals surface area contributed by atoms with E-state index >= 15 is 4.39 Å². The summed E-state index contributed by atoms with van der Waals surface area (Å²) in [7, 11) is -0.718. The smallest absolute Gasteiger partial charge is 0.258 e. The highest BCUT2D eigenvalue weighted by molar-refractivity contribution is 8.32. The molecule has 0 radical (unpaired) electrons. The van der Waals surface area contributed by atoms with Gasteiger partial charge >= 0.3 is 0 Å². The lowest BCUT2D eigenvalue weighted by Crippen LogP contribution is -2.34. The van der Waals surface area contributed by atoms with E-state index in [0.29, 0.717) is 23.9 Å². The van der Waals surface area contributed by atoms with E-state index in [1.807, 2.05) is 42.9 Å². The number of ether oxygens (including phenoxy) is 3. The molecule has 2 N–H and O–H groups in total. The molecular weight excluding hydrogens is 585 g/mol. The molecule has 238 valence electrons. The third-order valence-corrected chi connectivity index (χ3v) is 8.40. The minimum Gasteiger partial charge on any atom is -0.481 e. The number of carbonyl (C=O) groups excluding carboxylic acids is 1. The van der Waals surface area contributed by atoms with E-state index in [9.17, 15) is 4.79 Å². The van der Waals surface area contributed by atoms with Crippen molar-refractivity contribution in [3.05, 3.63) is 48.4 Å². The number of halogens is 1. The van der Waals surface area contributed by atoms with Gasteiger partial charge in [-0.2, -0.15) is 10.1 Å². The summed E-state index contributed by atoms with van der Waals surface area (Å²) in [5.41, 5.74) is 2.28. The third-order valence-electron chi connectivity index (χ3n) is 7.00. The van der Waals surface area contributed by atoms with Crippen LogP contribution in [0.5, 0.6) is 5.75 Å². The Morgan fingerprint density at radius 1 is 1.18 bits per heavy atom. The predicted octanol–water partition coefficient (Wildman–Crippen LogP) is 5.45. The Balaban J connectivity index is 1.35. The summed E-state index contributed by atoms with van der Waals surface area (Å²) in [6.45, 7) is 4.89. The molecule has 1 unspecified atom stereocenters. The largest absolute Gasteiger partial charge is 0.481 e. The van der Waals surface area contributed by atoms with E-state index in [4.69, 9.17) is 19.2 Å². The number of benzene rings is 2. The van der Waals surface area contributed by atoms with Crippen LogP contribution < -0.4 is 15.4 Å². The van der Waals surface area contributed by atoms with Crippen molar-refractivity contribution in [3.63, 3.8) is 0 Å². The molecule has 0 saturated carbocycles. The van der Waals surface area contributed by atoms with Gasteiger partial charge in [0.1, 0.15) is 6.73 Å². The van der Waals surface area contributed by atoms with Crippen molar-refractivity contribution in [1.29, 1.82) is 0 Å². The Hall–Kier alpha value is -3.68. The first kappa shape index (κ1) is 31.7. The van der Waals surface area contributed by atoms with Crippen molar-refractivity contribution in [3.8, 4) is 17.1 Å². The zero-order chi connectivity index (χ0) is 31.3. The van der Waals surface area contributed by atoms with Crippen LogP contribution in [-0.2, 0) is 21.0 Å². The van der Waals surface area contributed by atoms with E-state index in [-0.39, 0.29) is 37.3 Å². The van der Waals surface area contributed by atoms with Gasteiger partial charge in [0, 0.05) is 35.0 Å². The lowest BCUT2D eigenvalue weighted by Gasteiger charge is -2.24. The topological polar surface area (TPSA) is 117 Å². The Bertz CT molecular complexity index is 1580. The second kappa shape index (κ2) is 14.0. The van der Waals surface area contributed by atoms with Crippen LogP contribution in [0.25, 0.3) is 22.3 Å². The molecule has 2 aromatic carbocycles. The molecule has 0 spiro atoms. The molecule has 2 aromatic heterocycles. The summed E-state index contributed by atoms with van der Waals surface area (Å²) in [5.74, 6) is 0.785. The minimum absolute atomic E-state index is 0.0195. The van der Waals surface area contributed by atoms with Crippen LogP contribution in [0.15, 0.2) is 42.6 Å². The number of aromatic nitrogens is 5. The van der Waals surface area contributed by atoms with Gasteiger partial charge in [-0.25, -0.2) is 23.8 Å². The summed E-state index contributed by atoms with van der Waals surface area (Å²) in [6, 6.07) is 10.4. The fourth-order valence-corrected chi connectivity index (χ4v) is 5.45. The number of nitrogens with one attached hydrogen (secondary N) is 2. The molecule has 1 aliphatic rings. The van der Waals surface area contributed by atoms with E-state index < -0.39 is 15.8 Å². The van der Waals surface area contributed by atoms with E-state index in [1.54, 1.807) is 10.7 Å². The Labute approximate surface area is 258 Å². The highest BCUT2D eigenvalue weighted by atomic mass is 32.3. The summed E-state index contributed by atoms with van der Waals surface area (Å²) in [6.07, 6.45) is 11.6. The fraction of sp³-hybridized carbons (Fsp3) is 0.484. The van der Waals surface area contributed by atoms with Crippen molar-refractivity contribution >= 4 is 38.5 Å². The van der Waals surface area contributed by atoms with Gasteiger partial charge < -0.3 is 24.8 Å². The molecule has 3 heterocycles. The van der Waals surface area contributed by atoms with Crippen LogP contribution in [-0.4, -0.2) is 80.8 Å². The van der Waals surface area contributed by atoms with Crippen molar-refractivity contribution in [1.82, 2.24) is 29.9 Å². The standard InChI is InChI=1S/C31H42FN7O4S/c1-21(2)34-28(40)19-43-27-12-9-22(17-25(27)32)30-36-31(37-38(30)20-41-14-15-44(3,4)5)35-24-10-11-26-23(16-24)18-33-39(26)29-8-6-7-13-42-29/h9-12,16-18,21,29H,6-8,13-15,19-20H2,1-5H3,(H,34,40)(H,35,37). The molecule has 1 atom stereocenters. The second-order valence-electron chi connectivity index (χ2n) is 12.1. The van der Waals surface area contributed by atoms with Crippen molar-refractivity contribution in [2.75, 3.05) is 49.7 Å². The van der Waals surface area contributed by atoms with E-state index in [0.717, 1.165) is 48.2 Å². The summed E-state index contributed by atoms with van der Waals surface area (Å²) in [5, 5.41) is 16.2. The summed E-state index contributed by atoms with van der Waals surface area (Å²) >= 11 is 0. The molecule has 0 aliphatic carbocycles. The number of anilines is 2. The molecule has 1 aliphatic heterocycles. The highest BCUT2D eigenvalue weighted by Gasteiger charge is 2.20. The lowest BCUT2D eigenvalue weighted by molar-refractivity contribution is -0.123. The number of amides is 1. The van der Waals surface area contributed by atoms with Gasteiger partial charge in [-0.05, 0) is 88.3 Å². The zero-order valence-electron chi connectivity index (χ0n) is 26.0. The van der Waals surface area contributed by atoms with E-state index in [2.05, 4.69) is 39.6 Å². The first-order valence-electron chi connectivity index (χ1n) is 14.8. The van der Waals surface area contributed by atoms with Crippen LogP contribution in [0, 0.1) is 5.82 Å². The zero-order valence-corrected chi connectivity index (χ0v) is 26.8. The quantitative estimate of drug-likeness (QED) is 0.188. The third kappa shape index (κ3) is 8.27. The fourth-order valence-electron chi connectivity index (χ4n) is 4.83. The van der Waals surface area contributed by atoms with Crippen molar-refractivity contribution in [2.24, 2.45) is 0 Å². The average Bonchev–Trinajstić information content (AvgIpc) is 3.58. The molecule has 13 heteroatoms. The van der Waals surface area contributed by atoms with Crippen LogP contribution in [0.4, 0.5) is 16.0 Å². The lowest BCUT2D eigenvalue weighted by atomic mass is 10.2. The van der Waals surface area contributed by atoms with Crippen molar-refractivity contribution in [2.45, 2.75) is 52.1 Å². The van der Waals surface area contributed by atoms with Gasteiger partial charge in [-0.1, -0.05) is 0 Å². The number of hydrogen-bond donors (Lipinski definition) is 2. The maximum atomic E-state index is 15.1. The SMILES string of the molecule is CC(C)NC(=O)COc1ccc(-c2nc(Nc3ccc4c(cnn4C4CCCCO4)c3)nn2COCCS(C)(C)C)cc1F. The molecule has 11 nitrogen and oxygen atoms in total. The predicted molar refractivity (Wildman–Crippen MR) is 172 cm³/mol. The molecular formula is C31H42FN7O4S. The normalized spacial score (nSPS) is 15.9. The van der Waals surface area contributed by atoms with Crippen LogP contribution in [0.3, 0.4) is 0 Å². The number of hydrogen-bond acceptors (Lipinski definition) is 8. The minimum atomic E-state index is -0.718. The molecule has 1 fully saturated rings. The van der Waals surface area contributed by atoms with Gasteiger partial charge in [0.2, 0.25) is 5.95 Å². The molecule has 4 aromatic rings. The average molecular weight is 628 g/mol. The number of rotatable bonds is 13. The van der Waals surface area contributed by atoms with Crippen LogP contribution >= 0.6 is 10.0 Å². The highest BCUT2D eigenvalue weighted by Crippen LogP contribution is 2.34. The first-order valence-corrected chi connectivity index (χ1v) is 17.8. The molecule has 1 saturated heterocycles. The number of carbonyl (C=O) groups is 1. The second-order valence-corrected chi connectivity index (χ2v) is 16.6. The molecule has 44 heavy (non-hydrogen) atoms. The van der Waals surface area contributed by atoms with Crippen LogP contribution in [0.1, 0.15) is 39.3 Å².